The maximum absolute atomic E-state index is 11.7. The number of carbonyl (C=O) groups excluding carboxylic acids is 1. The zero-order valence-electron chi connectivity index (χ0n) is 4.91. The van der Waals surface area contributed by atoms with E-state index in [1.54, 1.807) is 0 Å². The van der Waals surface area contributed by atoms with Crippen LogP contribution in [0.1, 0.15) is 0 Å². The predicted octanol–water partition coefficient (Wildman–Crippen LogP) is 1.06. The molecule has 10 heavy (non-hydrogen) atoms. The van der Waals surface area contributed by atoms with Gasteiger partial charge in [0.1, 0.15) is 0 Å². The summed E-state index contributed by atoms with van der Waals surface area (Å²) in [4.78, 5) is 9.84. The molecule has 0 spiro atoms. The zero-order valence-corrected chi connectivity index (χ0v) is 4.91. The van der Waals surface area contributed by atoms with Crippen LogP contribution in [0.25, 0.3) is 0 Å². The lowest BCUT2D eigenvalue weighted by molar-refractivity contribution is -0.199. The second-order valence-electron chi connectivity index (χ2n) is 1.43. The molecule has 0 radical (unpaired) electrons. The van der Waals surface area contributed by atoms with E-state index < -0.39 is 18.3 Å². The van der Waals surface area contributed by atoms with Gasteiger partial charge >= 0.3 is 12.1 Å². The number of esters is 1. The van der Waals surface area contributed by atoms with Gasteiger partial charge in [0.05, 0.1) is 7.11 Å². The van der Waals surface area contributed by atoms with Gasteiger partial charge in [0.2, 0.25) is 0 Å². The van der Waals surface area contributed by atoms with Crippen LogP contribution in [-0.2, 0) is 9.53 Å². The van der Waals surface area contributed by atoms with Gasteiger partial charge in [-0.1, -0.05) is 0 Å². The van der Waals surface area contributed by atoms with Crippen molar-refractivity contribution < 1.29 is 27.1 Å². The first-order chi connectivity index (χ1) is 4.39. The van der Waals surface area contributed by atoms with Crippen molar-refractivity contribution in [3.05, 3.63) is 0 Å². The third kappa shape index (κ3) is 2.20. The highest BCUT2D eigenvalue weighted by atomic mass is 19.4. The molecule has 0 fully saturated rings. The summed E-state index contributed by atoms with van der Waals surface area (Å²) in [6.07, 6.45) is -8.69. The largest absolute Gasteiger partial charge is 0.467 e. The van der Waals surface area contributed by atoms with E-state index in [9.17, 15) is 22.4 Å². The Labute approximate surface area is 53.8 Å². The van der Waals surface area contributed by atoms with E-state index in [4.69, 9.17) is 0 Å². The Morgan fingerprint density at radius 1 is 1.50 bits per heavy atom. The van der Waals surface area contributed by atoms with Crippen molar-refractivity contribution in [2.45, 2.75) is 12.3 Å². The number of carbonyl (C=O) groups is 1. The molecule has 0 aliphatic rings. The molecule has 0 rings (SSSR count). The van der Waals surface area contributed by atoms with Gasteiger partial charge in [-0.2, -0.15) is 13.2 Å². The first kappa shape index (κ1) is 9.19. The zero-order chi connectivity index (χ0) is 8.36. The Kier molecular flexibility index (Phi) is 2.62. The topological polar surface area (TPSA) is 26.3 Å². The van der Waals surface area contributed by atoms with Crippen LogP contribution in [0.5, 0.6) is 0 Å². The minimum absolute atomic E-state index is 0.681. The van der Waals surface area contributed by atoms with Crippen LogP contribution in [-0.4, -0.2) is 25.4 Å². The number of halogens is 4. The molecule has 0 heterocycles. The maximum Gasteiger partial charge on any atom is 0.430 e. The summed E-state index contributed by atoms with van der Waals surface area (Å²) in [5.41, 5.74) is 0. The maximum atomic E-state index is 11.7. The molecule has 0 aliphatic heterocycles. The SMILES string of the molecule is COC(=O)C(F)C(F)(F)F. The Balaban J connectivity index is 4.08. The first-order valence-corrected chi connectivity index (χ1v) is 2.18. The van der Waals surface area contributed by atoms with Crippen molar-refractivity contribution in [1.82, 2.24) is 0 Å². The molecule has 0 bridgehead atoms. The highest BCUT2D eigenvalue weighted by Gasteiger charge is 2.46. The van der Waals surface area contributed by atoms with Crippen LogP contribution in [0.4, 0.5) is 17.6 Å². The first-order valence-electron chi connectivity index (χ1n) is 2.18. The fourth-order valence-electron chi connectivity index (χ4n) is 0.237. The minimum atomic E-state index is -5.16. The molecule has 0 aromatic heterocycles. The van der Waals surface area contributed by atoms with E-state index in [0.29, 0.717) is 7.11 Å². The van der Waals surface area contributed by atoms with E-state index in [0.717, 1.165) is 0 Å². The van der Waals surface area contributed by atoms with Gasteiger partial charge in [-0.15, -0.1) is 0 Å². The Morgan fingerprint density at radius 3 is 2.00 bits per heavy atom. The van der Waals surface area contributed by atoms with Crippen molar-refractivity contribution in [3.8, 4) is 0 Å². The van der Waals surface area contributed by atoms with Crippen LogP contribution in [0, 0.1) is 0 Å². The number of hydrogen-bond donors (Lipinski definition) is 0. The Hall–Kier alpha value is -0.810. The highest BCUT2D eigenvalue weighted by molar-refractivity contribution is 5.75. The van der Waals surface area contributed by atoms with Crippen molar-refractivity contribution in [2.24, 2.45) is 0 Å². The van der Waals surface area contributed by atoms with Crippen molar-refractivity contribution in [2.75, 3.05) is 7.11 Å². The fourth-order valence-corrected chi connectivity index (χ4v) is 0.237. The third-order valence-electron chi connectivity index (χ3n) is 0.696. The lowest BCUT2D eigenvalue weighted by Gasteiger charge is -2.08. The van der Waals surface area contributed by atoms with Gasteiger partial charge in [-0.3, -0.25) is 0 Å². The van der Waals surface area contributed by atoms with E-state index in [2.05, 4.69) is 4.74 Å². The van der Waals surface area contributed by atoms with Gasteiger partial charge in [0.25, 0.3) is 6.17 Å². The lowest BCUT2D eigenvalue weighted by Crippen LogP contribution is -2.33. The van der Waals surface area contributed by atoms with Crippen LogP contribution in [0.2, 0.25) is 0 Å². The van der Waals surface area contributed by atoms with Gasteiger partial charge in [0.15, 0.2) is 0 Å². The summed E-state index contributed by atoms with van der Waals surface area (Å²) in [6.45, 7) is 0. The smallest absolute Gasteiger partial charge is 0.430 e. The number of hydrogen-bond acceptors (Lipinski definition) is 2. The summed E-state index contributed by atoms with van der Waals surface area (Å²) in [5, 5.41) is 0. The highest BCUT2D eigenvalue weighted by Crippen LogP contribution is 2.23. The molecule has 0 saturated heterocycles. The van der Waals surface area contributed by atoms with Gasteiger partial charge in [0, 0.05) is 0 Å². The predicted molar refractivity (Wildman–Crippen MR) is 23.0 cm³/mol. The van der Waals surface area contributed by atoms with Crippen molar-refractivity contribution in [1.29, 1.82) is 0 Å². The number of alkyl halides is 4. The second-order valence-corrected chi connectivity index (χ2v) is 1.43. The number of ether oxygens (including phenoxy) is 1. The average molecular weight is 160 g/mol. The van der Waals surface area contributed by atoms with Crippen LogP contribution >= 0.6 is 0 Å². The fraction of sp³-hybridized carbons (Fsp3) is 0.750. The molecule has 6 heteroatoms. The Bertz CT molecular complexity index is 130. The van der Waals surface area contributed by atoms with E-state index in [-0.39, 0.29) is 0 Å². The summed E-state index contributed by atoms with van der Waals surface area (Å²) >= 11 is 0. The number of rotatable bonds is 1. The average Bonchev–Trinajstić information content (AvgIpc) is 1.83. The molecule has 1 unspecified atom stereocenters. The van der Waals surface area contributed by atoms with Crippen LogP contribution in [0.3, 0.4) is 0 Å². The van der Waals surface area contributed by atoms with Crippen LogP contribution in [0.15, 0.2) is 0 Å². The molecule has 0 aromatic rings. The number of methoxy groups -OCH3 is 1. The minimum Gasteiger partial charge on any atom is -0.467 e. The normalized spacial score (nSPS) is 14.5. The Morgan fingerprint density at radius 2 is 1.90 bits per heavy atom. The molecule has 0 saturated carbocycles. The molecule has 0 aromatic carbocycles. The molecular formula is C4H4F4O2. The molecule has 0 aliphatic carbocycles. The van der Waals surface area contributed by atoms with E-state index in [1.807, 2.05) is 0 Å². The molecule has 1 atom stereocenters. The molecule has 2 nitrogen and oxygen atoms in total. The lowest BCUT2D eigenvalue weighted by atomic mass is 10.4. The standard InChI is InChI=1S/C4H4F4O2/c1-10-3(9)2(5)4(6,7)8/h2H,1H3. The summed E-state index contributed by atoms with van der Waals surface area (Å²) in [7, 11) is 0.681. The molecular weight excluding hydrogens is 156 g/mol. The van der Waals surface area contributed by atoms with Crippen molar-refractivity contribution >= 4 is 5.97 Å². The molecule has 0 N–H and O–H groups in total. The summed E-state index contributed by atoms with van der Waals surface area (Å²) in [5.74, 6) is -1.92. The second kappa shape index (κ2) is 2.85. The summed E-state index contributed by atoms with van der Waals surface area (Å²) in [6, 6.07) is 0. The van der Waals surface area contributed by atoms with Crippen LogP contribution < -0.4 is 0 Å². The monoisotopic (exact) mass is 160 g/mol. The van der Waals surface area contributed by atoms with E-state index in [1.165, 1.54) is 0 Å². The van der Waals surface area contributed by atoms with Gasteiger partial charge in [-0.05, 0) is 0 Å². The van der Waals surface area contributed by atoms with Gasteiger partial charge < -0.3 is 4.74 Å². The quantitative estimate of drug-likeness (QED) is 0.423. The van der Waals surface area contributed by atoms with Crippen molar-refractivity contribution in [3.63, 3.8) is 0 Å². The third-order valence-corrected chi connectivity index (χ3v) is 0.696. The summed E-state index contributed by atoms with van der Waals surface area (Å²) < 4.78 is 48.8. The molecule has 60 valence electrons. The van der Waals surface area contributed by atoms with E-state index >= 15 is 0 Å². The van der Waals surface area contributed by atoms with Gasteiger partial charge in [-0.25, -0.2) is 9.18 Å². The molecule has 0 amide bonds.